The van der Waals surface area contributed by atoms with E-state index < -0.39 is 0 Å². The van der Waals surface area contributed by atoms with Crippen LogP contribution in [-0.4, -0.2) is 27.7 Å². The highest BCUT2D eigenvalue weighted by atomic mass is 32.1. The van der Waals surface area contributed by atoms with Gasteiger partial charge in [-0.1, -0.05) is 42.0 Å². The Kier molecular flexibility index (Phi) is 5.76. The third-order valence-corrected chi connectivity index (χ3v) is 4.00. The molecule has 0 unspecified atom stereocenters. The topological polar surface area (TPSA) is 54.2 Å². The Bertz CT molecular complexity index is 915. The zero-order chi connectivity index (χ0) is 18.4. The van der Waals surface area contributed by atoms with Gasteiger partial charge in [-0.3, -0.25) is 5.43 Å². The van der Waals surface area contributed by atoms with E-state index in [1.54, 1.807) is 6.21 Å². The second kappa shape index (κ2) is 8.40. The Labute approximate surface area is 158 Å². The smallest absolute Gasteiger partial charge is 0.186 e. The maximum absolute atomic E-state index is 5.14. The molecule has 132 valence electrons. The van der Waals surface area contributed by atoms with Gasteiger partial charge >= 0.3 is 0 Å². The number of hydrogen-bond acceptors (Lipinski definition) is 3. The fraction of sp³-hybridized carbons (Fsp3) is 0.150. The van der Waals surface area contributed by atoms with Crippen molar-refractivity contribution in [1.82, 2.24) is 20.5 Å². The number of benzene rings is 2. The number of nitrogens with one attached hydrogen (secondary N) is 2. The number of aromatic nitrogens is 2. The van der Waals surface area contributed by atoms with E-state index >= 15 is 0 Å². The van der Waals surface area contributed by atoms with Crippen molar-refractivity contribution in [3.05, 3.63) is 71.9 Å². The van der Waals surface area contributed by atoms with Crippen molar-refractivity contribution in [2.45, 2.75) is 13.8 Å². The molecule has 5 nitrogen and oxygen atoms in total. The Morgan fingerprint density at radius 2 is 2.00 bits per heavy atom. The largest absolute Gasteiger partial charge is 0.362 e. The van der Waals surface area contributed by atoms with Crippen LogP contribution in [0.5, 0.6) is 0 Å². The molecule has 0 aliphatic heterocycles. The molecule has 0 spiro atoms. The Morgan fingerprint density at radius 1 is 1.19 bits per heavy atom. The maximum Gasteiger partial charge on any atom is 0.186 e. The monoisotopic (exact) mass is 363 g/mol. The molecule has 0 saturated carbocycles. The van der Waals surface area contributed by atoms with E-state index in [0.717, 1.165) is 29.1 Å². The molecule has 1 heterocycles. The van der Waals surface area contributed by atoms with Crippen LogP contribution in [0.15, 0.2) is 65.9 Å². The molecule has 3 aromatic rings. The van der Waals surface area contributed by atoms with Gasteiger partial charge in [0.2, 0.25) is 0 Å². The number of rotatable bonds is 5. The lowest BCUT2D eigenvalue weighted by molar-refractivity contribution is 0.884. The zero-order valence-corrected chi connectivity index (χ0v) is 15.6. The lowest BCUT2D eigenvalue weighted by Crippen LogP contribution is -2.31. The molecule has 2 aromatic carbocycles. The molecule has 2 N–H and O–H groups in total. The van der Waals surface area contributed by atoms with Gasteiger partial charge in [0.25, 0.3) is 0 Å². The van der Waals surface area contributed by atoms with E-state index in [9.17, 15) is 0 Å². The first kappa shape index (κ1) is 17.8. The molecule has 3 rings (SSSR count). The highest BCUT2D eigenvalue weighted by Gasteiger charge is 2.11. The van der Waals surface area contributed by atoms with Crippen molar-refractivity contribution >= 4 is 23.5 Å². The Balaban J connectivity index is 1.96. The average molecular weight is 363 g/mol. The van der Waals surface area contributed by atoms with Crippen molar-refractivity contribution < 1.29 is 0 Å². The summed E-state index contributed by atoms with van der Waals surface area (Å²) in [5, 5.41) is 12.5. The maximum atomic E-state index is 5.14. The molecule has 0 atom stereocenters. The van der Waals surface area contributed by atoms with Crippen molar-refractivity contribution in [2.75, 3.05) is 6.54 Å². The second-order valence-corrected chi connectivity index (χ2v) is 6.22. The molecule has 0 amide bonds. The van der Waals surface area contributed by atoms with Crippen LogP contribution in [0.2, 0.25) is 0 Å². The van der Waals surface area contributed by atoms with E-state index in [1.807, 2.05) is 54.2 Å². The lowest BCUT2D eigenvalue weighted by atomic mass is 10.1. The first-order valence-corrected chi connectivity index (χ1v) is 8.87. The van der Waals surface area contributed by atoms with Crippen molar-refractivity contribution in [3.63, 3.8) is 0 Å². The standard InChI is InChI=1S/C20H21N5S/c1-3-21-20(26)23-22-13-17-14-25(18-10-5-4-6-11-18)24-19(17)16-9-7-8-15(2)12-16/h4-14H,3H2,1-2H3,(H2,21,23,26)/b22-13+. The van der Waals surface area contributed by atoms with Crippen molar-refractivity contribution in [3.8, 4) is 16.9 Å². The third-order valence-electron chi connectivity index (χ3n) is 3.76. The Morgan fingerprint density at radius 3 is 2.73 bits per heavy atom. The minimum atomic E-state index is 0.497. The molecular weight excluding hydrogens is 342 g/mol. The van der Waals surface area contributed by atoms with Crippen LogP contribution in [0.4, 0.5) is 0 Å². The summed E-state index contributed by atoms with van der Waals surface area (Å²) in [6, 6.07) is 18.3. The molecule has 0 aliphatic carbocycles. The molecule has 0 bridgehead atoms. The predicted octanol–water partition coefficient (Wildman–Crippen LogP) is 3.67. The van der Waals surface area contributed by atoms with Gasteiger partial charge in [0, 0.05) is 23.9 Å². The van der Waals surface area contributed by atoms with Gasteiger partial charge in [-0.05, 0) is 44.3 Å². The molecule has 1 aromatic heterocycles. The summed E-state index contributed by atoms with van der Waals surface area (Å²) in [7, 11) is 0. The summed E-state index contributed by atoms with van der Waals surface area (Å²) >= 11 is 5.14. The van der Waals surface area contributed by atoms with Crippen molar-refractivity contribution in [1.29, 1.82) is 0 Å². The zero-order valence-electron chi connectivity index (χ0n) is 14.8. The van der Waals surface area contributed by atoms with Crippen LogP contribution in [0, 0.1) is 6.92 Å². The second-order valence-electron chi connectivity index (χ2n) is 5.81. The van der Waals surface area contributed by atoms with Crippen LogP contribution in [0.3, 0.4) is 0 Å². The quantitative estimate of drug-likeness (QED) is 0.413. The fourth-order valence-corrected chi connectivity index (χ4v) is 2.77. The minimum Gasteiger partial charge on any atom is -0.362 e. The summed E-state index contributed by atoms with van der Waals surface area (Å²) in [6.45, 7) is 4.81. The van der Waals surface area contributed by atoms with Gasteiger partial charge in [0.1, 0.15) is 5.69 Å². The van der Waals surface area contributed by atoms with Gasteiger partial charge in [-0.25, -0.2) is 4.68 Å². The summed E-state index contributed by atoms with van der Waals surface area (Å²) < 4.78 is 1.86. The van der Waals surface area contributed by atoms with Gasteiger partial charge < -0.3 is 5.32 Å². The van der Waals surface area contributed by atoms with E-state index in [0.29, 0.717) is 5.11 Å². The molecular formula is C20H21N5S. The van der Waals surface area contributed by atoms with Crippen LogP contribution in [0.1, 0.15) is 18.1 Å². The molecule has 6 heteroatoms. The van der Waals surface area contributed by atoms with E-state index in [2.05, 4.69) is 41.0 Å². The third kappa shape index (κ3) is 4.34. The lowest BCUT2D eigenvalue weighted by Gasteiger charge is -2.03. The molecule has 0 radical (unpaired) electrons. The summed E-state index contributed by atoms with van der Waals surface area (Å²) in [6.07, 6.45) is 3.71. The number of hydrazone groups is 1. The highest BCUT2D eigenvalue weighted by molar-refractivity contribution is 7.80. The van der Waals surface area contributed by atoms with Crippen LogP contribution in [-0.2, 0) is 0 Å². The molecule has 0 aliphatic rings. The van der Waals surface area contributed by atoms with Gasteiger partial charge in [0.05, 0.1) is 11.9 Å². The number of nitrogens with zero attached hydrogens (tertiary/aromatic N) is 3. The number of para-hydroxylation sites is 1. The number of thiocarbonyl (C=S) groups is 1. The summed E-state index contributed by atoms with van der Waals surface area (Å²) in [4.78, 5) is 0. The molecule has 0 saturated heterocycles. The predicted molar refractivity (Wildman–Crippen MR) is 111 cm³/mol. The number of hydrogen-bond donors (Lipinski definition) is 2. The SMILES string of the molecule is CCNC(=S)N/N=C/c1cn(-c2ccccc2)nc1-c1cccc(C)c1. The minimum absolute atomic E-state index is 0.497. The highest BCUT2D eigenvalue weighted by Crippen LogP contribution is 2.23. The van der Waals surface area contributed by atoms with Crippen molar-refractivity contribution in [2.24, 2.45) is 5.10 Å². The van der Waals surface area contributed by atoms with Gasteiger partial charge in [-0.15, -0.1) is 0 Å². The first-order chi connectivity index (χ1) is 12.7. The Hall–Kier alpha value is -2.99. The van der Waals surface area contributed by atoms with Crippen LogP contribution in [0.25, 0.3) is 16.9 Å². The van der Waals surface area contributed by atoms with E-state index in [-0.39, 0.29) is 0 Å². The number of aryl methyl sites for hydroxylation is 1. The molecule has 26 heavy (non-hydrogen) atoms. The van der Waals surface area contributed by atoms with Crippen LogP contribution >= 0.6 is 12.2 Å². The van der Waals surface area contributed by atoms with E-state index in [4.69, 9.17) is 17.3 Å². The normalized spacial score (nSPS) is 10.8. The average Bonchev–Trinajstić information content (AvgIpc) is 3.07. The van der Waals surface area contributed by atoms with Gasteiger partial charge in [0.15, 0.2) is 5.11 Å². The summed E-state index contributed by atoms with van der Waals surface area (Å²) in [5.41, 5.74) is 7.84. The van der Waals surface area contributed by atoms with Crippen LogP contribution < -0.4 is 10.7 Å². The molecule has 0 fully saturated rings. The fourth-order valence-electron chi connectivity index (χ4n) is 2.57. The van der Waals surface area contributed by atoms with Gasteiger partial charge in [-0.2, -0.15) is 10.2 Å². The van der Waals surface area contributed by atoms with E-state index in [1.165, 1.54) is 5.56 Å². The first-order valence-electron chi connectivity index (χ1n) is 8.46. The summed E-state index contributed by atoms with van der Waals surface area (Å²) in [5.74, 6) is 0.